The Bertz CT molecular complexity index is 863. The third-order valence-electron chi connectivity index (χ3n) is 4.12. The second-order valence-corrected chi connectivity index (χ2v) is 6.26. The van der Waals surface area contributed by atoms with Crippen molar-refractivity contribution in [2.24, 2.45) is 0 Å². The quantitative estimate of drug-likeness (QED) is 0.763. The molecule has 1 unspecified atom stereocenters. The molecule has 1 aliphatic heterocycles. The van der Waals surface area contributed by atoms with Crippen LogP contribution in [0.25, 0.3) is 22.3 Å². The summed E-state index contributed by atoms with van der Waals surface area (Å²) in [5.41, 5.74) is 3.08. The van der Waals surface area contributed by atoms with Gasteiger partial charge in [0.1, 0.15) is 5.82 Å². The molecule has 1 fully saturated rings. The van der Waals surface area contributed by atoms with Gasteiger partial charge in [0.25, 0.3) is 0 Å². The summed E-state index contributed by atoms with van der Waals surface area (Å²) in [5.74, 6) is 0.761. The smallest absolute Gasteiger partial charge is 0.145 e. The van der Waals surface area contributed by atoms with E-state index < -0.39 is 0 Å². The average Bonchev–Trinajstić information content (AvgIpc) is 2.62. The fraction of sp³-hybridized carbons (Fsp3) is 0.294. The number of nitrogens with one attached hydrogen (secondary N) is 2. The summed E-state index contributed by atoms with van der Waals surface area (Å²) >= 11 is 6.42. The summed E-state index contributed by atoms with van der Waals surface area (Å²) < 4.78 is 0. The Balaban J connectivity index is 1.66. The number of rotatable bonds is 3. The number of nitrogens with zero attached hydrogens (tertiary/aromatic N) is 4. The summed E-state index contributed by atoms with van der Waals surface area (Å²) in [4.78, 5) is 17.6. The first kappa shape index (κ1) is 15.2. The lowest BCUT2D eigenvalue weighted by atomic mass is 10.1. The number of fused-ring (bicyclic) bond motifs is 1. The van der Waals surface area contributed by atoms with Crippen molar-refractivity contribution in [3.05, 3.63) is 41.9 Å². The van der Waals surface area contributed by atoms with Gasteiger partial charge >= 0.3 is 0 Å². The standard InChI is InChI=1S/C17H17ClN6/c18-13-7-15-14(21-4-5-22-15)6-12(13)16-9-20-10-17(24-16)23-11-2-1-3-19-8-11/h4-7,9-11,19H,1-3,8H2,(H,23,24). The van der Waals surface area contributed by atoms with Crippen molar-refractivity contribution in [3.8, 4) is 11.3 Å². The van der Waals surface area contributed by atoms with Crippen molar-refractivity contribution < 1.29 is 0 Å². The minimum atomic E-state index is 0.376. The lowest BCUT2D eigenvalue weighted by Gasteiger charge is -2.24. The molecule has 1 atom stereocenters. The van der Waals surface area contributed by atoms with Gasteiger partial charge in [0.05, 0.1) is 34.1 Å². The van der Waals surface area contributed by atoms with Crippen LogP contribution in [0.2, 0.25) is 5.02 Å². The Hall–Kier alpha value is -2.31. The monoisotopic (exact) mass is 340 g/mol. The summed E-state index contributed by atoms with van der Waals surface area (Å²) in [6, 6.07) is 4.09. The van der Waals surface area contributed by atoms with E-state index in [4.69, 9.17) is 11.6 Å². The Labute approximate surface area is 144 Å². The van der Waals surface area contributed by atoms with Gasteiger partial charge in [-0.2, -0.15) is 0 Å². The highest BCUT2D eigenvalue weighted by Crippen LogP contribution is 2.30. The van der Waals surface area contributed by atoms with Crippen LogP contribution in [0.15, 0.2) is 36.9 Å². The number of aromatic nitrogens is 4. The molecule has 2 aromatic heterocycles. The molecule has 7 heteroatoms. The van der Waals surface area contributed by atoms with Crippen molar-refractivity contribution in [1.82, 2.24) is 25.3 Å². The van der Waals surface area contributed by atoms with Crippen LogP contribution >= 0.6 is 11.6 Å². The third-order valence-corrected chi connectivity index (χ3v) is 4.43. The molecule has 1 saturated heterocycles. The van der Waals surface area contributed by atoms with E-state index in [0.717, 1.165) is 47.6 Å². The average molecular weight is 341 g/mol. The fourth-order valence-electron chi connectivity index (χ4n) is 2.93. The topological polar surface area (TPSA) is 75.6 Å². The van der Waals surface area contributed by atoms with Crippen molar-refractivity contribution >= 4 is 28.5 Å². The van der Waals surface area contributed by atoms with Gasteiger partial charge in [0.2, 0.25) is 0 Å². The number of anilines is 1. The molecule has 6 nitrogen and oxygen atoms in total. The van der Waals surface area contributed by atoms with E-state index >= 15 is 0 Å². The van der Waals surface area contributed by atoms with Crippen molar-refractivity contribution in [2.45, 2.75) is 18.9 Å². The number of halogens is 1. The van der Waals surface area contributed by atoms with Crippen LogP contribution in [-0.2, 0) is 0 Å². The third kappa shape index (κ3) is 3.16. The van der Waals surface area contributed by atoms with Crippen LogP contribution in [0.4, 0.5) is 5.82 Å². The van der Waals surface area contributed by atoms with Gasteiger partial charge in [0, 0.05) is 30.5 Å². The normalized spacial score (nSPS) is 17.8. The van der Waals surface area contributed by atoms with Crippen LogP contribution in [0.3, 0.4) is 0 Å². The van der Waals surface area contributed by atoms with Gasteiger partial charge < -0.3 is 10.6 Å². The van der Waals surface area contributed by atoms with E-state index in [9.17, 15) is 0 Å². The Morgan fingerprint density at radius 3 is 2.75 bits per heavy atom. The van der Waals surface area contributed by atoms with Gasteiger partial charge in [-0.15, -0.1) is 0 Å². The van der Waals surface area contributed by atoms with Gasteiger partial charge in [-0.3, -0.25) is 15.0 Å². The first-order valence-corrected chi connectivity index (χ1v) is 8.37. The van der Waals surface area contributed by atoms with E-state index in [2.05, 4.69) is 30.6 Å². The van der Waals surface area contributed by atoms with E-state index in [-0.39, 0.29) is 0 Å². The van der Waals surface area contributed by atoms with Gasteiger partial charge in [-0.05, 0) is 31.5 Å². The van der Waals surface area contributed by atoms with Crippen molar-refractivity contribution in [3.63, 3.8) is 0 Å². The molecule has 0 aliphatic carbocycles. The molecule has 4 rings (SSSR count). The van der Waals surface area contributed by atoms with Crippen molar-refractivity contribution in [2.75, 3.05) is 18.4 Å². The molecular weight excluding hydrogens is 324 g/mol. The van der Waals surface area contributed by atoms with Crippen LogP contribution in [-0.4, -0.2) is 39.1 Å². The van der Waals surface area contributed by atoms with Gasteiger partial charge in [0.15, 0.2) is 0 Å². The Kier molecular flexibility index (Phi) is 4.23. The minimum Gasteiger partial charge on any atom is -0.365 e. The minimum absolute atomic E-state index is 0.376. The zero-order valence-corrected chi connectivity index (χ0v) is 13.8. The highest BCUT2D eigenvalue weighted by Gasteiger charge is 2.14. The Morgan fingerprint density at radius 1 is 1.12 bits per heavy atom. The van der Waals surface area contributed by atoms with E-state index in [1.54, 1.807) is 24.8 Å². The summed E-state index contributed by atoms with van der Waals surface area (Å²) in [6.07, 6.45) is 9.08. The van der Waals surface area contributed by atoms with Crippen molar-refractivity contribution in [1.29, 1.82) is 0 Å². The molecule has 3 aromatic rings. The number of benzene rings is 1. The predicted octanol–water partition coefficient (Wildman–Crippen LogP) is 2.90. The second kappa shape index (κ2) is 6.67. The molecule has 0 saturated carbocycles. The van der Waals surface area contributed by atoms with E-state index in [0.29, 0.717) is 11.1 Å². The summed E-state index contributed by atoms with van der Waals surface area (Å²) in [5, 5.41) is 7.42. The molecule has 3 heterocycles. The first-order valence-electron chi connectivity index (χ1n) is 7.99. The number of hydrogen-bond donors (Lipinski definition) is 2. The van der Waals surface area contributed by atoms with Crippen LogP contribution in [0.5, 0.6) is 0 Å². The van der Waals surface area contributed by atoms with Crippen LogP contribution in [0, 0.1) is 0 Å². The summed E-state index contributed by atoms with van der Waals surface area (Å²) in [7, 11) is 0. The maximum Gasteiger partial charge on any atom is 0.145 e. The molecule has 122 valence electrons. The molecule has 2 N–H and O–H groups in total. The Morgan fingerprint density at radius 2 is 1.96 bits per heavy atom. The predicted molar refractivity (Wildman–Crippen MR) is 95.1 cm³/mol. The molecule has 0 radical (unpaired) electrons. The van der Waals surface area contributed by atoms with Gasteiger partial charge in [-0.25, -0.2) is 4.98 Å². The molecular formula is C17H17ClN6. The van der Waals surface area contributed by atoms with Crippen LogP contribution in [0.1, 0.15) is 12.8 Å². The molecule has 0 bridgehead atoms. The van der Waals surface area contributed by atoms with Crippen LogP contribution < -0.4 is 10.6 Å². The first-order chi connectivity index (χ1) is 11.8. The van der Waals surface area contributed by atoms with E-state index in [1.807, 2.05) is 12.1 Å². The summed E-state index contributed by atoms with van der Waals surface area (Å²) in [6.45, 7) is 2.02. The zero-order chi connectivity index (χ0) is 16.4. The maximum atomic E-state index is 6.42. The molecule has 1 aromatic carbocycles. The van der Waals surface area contributed by atoms with Gasteiger partial charge in [-0.1, -0.05) is 11.6 Å². The lowest BCUT2D eigenvalue weighted by Crippen LogP contribution is -2.38. The molecule has 0 amide bonds. The second-order valence-electron chi connectivity index (χ2n) is 5.85. The SMILES string of the molecule is Clc1cc2nccnc2cc1-c1cncc(NC2CCCNC2)n1. The number of hydrogen-bond acceptors (Lipinski definition) is 6. The number of piperidine rings is 1. The maximum absolute atomic E-state index is 6.42. The van der Waals surface area contributed by atoms with E-state index in [1.165, 1.54) is 6.42 Å². The highest BCUT2D eigenvalue weighted by atomic mass is 35.5. The zero-order valence-electron chi connectivity index (χ0n) is 13.0. The largest absolute Gasteiger partial charge is 0.365 e. The molecule has 0 spiro atoms. The highest BCUT2D eigenvalue weighted by molar-refractivity contribution is 6.34. The molecule has 24 heavy (non-hydrogen) atoms. The molecule has 1 aliphatic rings. The fourth-order valence-corrected chi connectivity index (χ4v) is 3.19. The lowest BCUT2D eigenvalue weighted by molar-refractivity contribution is 0.479.